The van der Waals surface area contributed by atoms with Crippen molar-refractivity contribution in [1.82, 2.24) is 4.31 Å². The third-order valence-electron chi connectivity index (χ3n) is 3.13. The summed E-state index contributed by atoms with van der Waals surface area (Å²) in [5.74, 6) is 0.188. The third kappa shape index (κ3) is 2.92. The molecule has 88 valence electrons. The SMILES string of the molecule is O=S(=O)(CC1CCCO1)N1CCCCC1. The Morgan fingerprint density at radius 2 is 1.87 bits per heavy atom. The second kappa shape index (κ2) is 4.80. The van der Waals surface area contributed by atoms with E-state index < -0.39 is 10.0 Å². The minimum atomic E-state index is -3.06. The van der Waals surface area contributed by atoms with Crippen molar-refractivity contribution in [1.29, 1.82) is 0 Å². The zero-order chi connectivity index (χ0) is 10.7. The molecule has 2 saturated heterocycles. The lowest BCUT2D eigenvalue weighted by atomic mass is 10.2. The molecule has 1 atom stereocenters. The molecule has 0 aliphatic carbocycles. The van der Waals surface area contributed by atoms with Gasteiger partial charge < -0.3 is 4.74 Å². The first-order valence-electron chi connectivity index (χ1n) is 5.78. The van der Waals surface area contributed by atoms with Crippen molar-refractivity contribution in [2.24, 2.45) is 0 Å². The van der Waals surface area contributed by atoms with Crippen LogP contribution in [0.2, 0.25) is 0 Å². The normalized spacial score (nSPS) is 29.5. The smallest absolute Gasteiger partial charge is 0.216 e. The van der Waals surface area contributed by atoms with Gasteiger partial charge in [-0.2, -0.15) is 0 Å². The van der Waals surface area contributed by atoms with Crippen LogP contribution in [0.5, 0.6) is 0 Å². The Labute approximate surface area is 91.6 Å². The second-order valence-corrected chi connectivity index (χ2v) is 6.39. The van der Waals surface area contributed by atoms with E-state index in [9.17, 15) is 8.42 Å². The Balaban J connectivity index is 1.92. The van der Waals surface area contributed by atoms with Crippen LogP contribution in [0, 0.1) is 0 Å². The molecular weight excluding hydrogens is 214 g/mol. The summed E-state index contributed by atoms with van der Waals surface area (Å²) < 4.78 is 31.0. The molecule has 2 aliphatic rings. The van der Waals surface area contributed by atoms with E-state index >= 15 is 0 Å². The Morgan fingerprint density at radius 3 is 2.47 bits per heavy atom. The van der Waals surface area contributed by atoms with Crippen molar-refractivity contribution in [2.75, 3.05) is 25.4 Å². The minimum Gasteiger partial charge on any atom is -0.377 e. The fourth-order valence-corrected chi connectivity index (χ4v) is 4.02. The Bertz CT molecular complexity index is 290. The highest BCUT2D eigenvalue weighted by molar-refractivity contribution is 7.89. The van der Waals surface area contributed by atoms with Crippen LogP contribution in [0.3, 0.4) is 0 Å². The largest absolute Gasteiger partial charge is 0.377 e. The molecule has 0 spiro atoms. The average Bonchev–Trinajstić information content (AvgIpc) is 2.71. The molecule has 0 radical (unpaired) electrons. The van der Waals surface area contributed by atoms with E-state index in [4.69, 9.17) is 4.74 Å². The third-order valence-corrected chi connectivity index (χ3v) is 5.07. The molecule has 0 aromatic carbocycles. The number of sulfonamides is 1. The molecule has 0 saturated carbocycles. The molecule has 2 heterocycles. The van der Waals surface area contributed by atoms with Gasteiger partial charge in [-0.05, 0) is 25.7 Å². The average molecular weight is 233 g/mol. The van der Waals surface area contributed by atoms with Crippen LogP contribution in [-0.2, 0) is 14.8 Å². The highest BCUT2D eigenvalue weighted by Gasteiger charge is 2.29. The second-order valence-electron chi connectivity index (χ2n) is 4.37. The molecule has 1 unspecified atom stereocenters. The van der Waals surface area contributed by atoms with Gasteiger partial charge in [-0.25, -0.2) is 12.7 Å². The number of ether oxygens (including phenoxy) is 1. The van der Waals surface area contributed by atoms with Crippen LogP contribution in [-0.4, -0.2) is 44.3 Å². The molecule has 15 heavy (non-hydrogen) atoms. The van der Waals surface area contributed by atoms with E-state index in [2.05, 4.69) is 0 Å². The van der Waals surface area contributed by atoms with Gasteiger partial charge in [-0.1, -0.05) is 6.42 Å². The molecule has 0 bridgehead atoms. The zero-order valence-electron chi connectivity index (χ0n) is 9.02. The van der Waals surface area contributed by atoms with Crippen molar-refractivity contribution < 1.29 is 13.2 Å². The Hall–Kier alpha value is -0.130. The van der Waals surface area contributed by atoms with Gasteiger partial charge in [0.25, 0.3) is 0 Å². The predicted molar refractivity (Wildman–Crippen MR) is 58.2 cm³/mol. The fraction of sp³-hybridized carbons (Fsp3) is 1.00. The molecule has 0 amide bonds. The van der Waals surface area contributed by atoms with E-state index in [1.54, 1.807) is 4.31 Å². The summed E-state index contributed by atoms with van der Waals surface area (Å²) >= 11 is 0. The van der Waals surface area contributed by atoms with Crippen molar-refractivity contribution in [3.05, 3.63) is 0 Å². The molecule has 0 aromatic rings. The van der Waals surface area contributed by atoms with E-state index in [1.165, 1.54) is 0 Å². The monoisotopic (exact) mass is 233 g/mol. The first kappa shape index (κ1) is 11.4. The Kier molecular flexibility index (Phi) is 3.64. The van der Waals surface area contributed by atoms with Crippen LogP contribution in [0.15, 0.2) is 0 Å². The summed E-state index contributed by atoms with van der Waals surface area (Å²) in [7, 11) is -3.06. The number of nitrogens with zero attached hydrogens (tertiary/aromatic N) is 1. The number of hydrogen-bond donors (Lipinski definition) is 0. The lowest BCUT2D eigenvalue weighted by Crippen LogP contribution is -2.39. The summed E-state index contributed by atoms with van der Waals surface area (Å²) in [5, 5.41) is 0. The molecule has 5 heteroatoms. The molecule has 4 nitrogen and oxygen atoms in total. The van der Waals surface area contributed by atoms with Crippen molar-refractivity contribution in [3.8, 4) is 0 Å². The maximum absolute atomic E-state index is 12.0. The number of piperidine rings is 1. The maximum Gasteiger partial charge on any atom is 0.216 e. The number of rotatable bonds is 3. The van der Waals surface area contributed by atoms with Gasteiger partial charge in [-0.3, -0.25) is 0 Å². The van der Waals surface area contributed by atoms with E-state index in [-0.39, 0.29) is 11.9 Å². The Morgan fingerprint density at radius 1 is 1.13 bits per heavy atom. The van der Waals surface area contributed by atoms with E-state index in [0.717, 1.165) is 38.7 Å². The lowest BCUT2D eigenvalue weighted by molar-refractivity contribution is 0.126. The van der Waals surface area contributed by atoms with Crippen molar-refractivity contribution in [2.45, 2.75) is 38.2 Å². The fourth-order valence-electron chi connectivity index (χ4n) is 2.26. The molecule has 2 aliphatic heterocycles. The van der Waals surface area contributed by atoms with E-state index in [0.29, 0.717) is 13.1 Å². The summed E-state index contributed by atoms with van der Waals surface area (Å²) in [4.78, 5) is 0. The van der Waals surface area contributed by atoms with Gasteiger partial charge in [0, 0.05) is 19.7 Å². The van der Waals surface area contributed by atoms with Gasteiger partial charge in [0.15, 0.2) is 0 Å². The van der Waals surface area contributed by atoms with Crippen LogP contribution < -0.4 is 0 Å². The van der Waals surface area contributed by atoms with Crippen LogP contribution >= 0.6 is 0 Å². The summed E-state index contributed by atoms with van der Waals surface area (Å²) in [6.45, 7) is 2.13. The van der Waals surface area contributed by atoms with Crippen LogP contribution in [0.4, 0.5) is 0 Å². The molecule has 0 N–H and O–H groups in total. The highest BCUT2D eigenvalue weighted by Crippen LogP contribution is 2.18. The first-order valence-corrected chi connectivity index (χ1v) is 7.39. The molecule has 0 aromatic heterocycles. The van der Waals surface area contributed by atoms with Gasteiger partial charge in [0.1, 0.15) is 0 Å². The highest BCUT2D eigenvalue weighted by atomic mass is 32.2. The quantitative estimate of drug-likeness (QED) is 0.730. The minimum absolute atomic E-state index is 0.0584. The van der Waals surface area contributed by atoms with Crippen molar-refractivity contribution >= 4 is 10.0 Å². The van der Waals surface area contributed by atoms with Gasteiger partial charge in [0.2, 0.25) is 10.0 Å². The predicted octanol–water partition coefficient (Wildman–Crippen LogP) is 0.981. The standard InChI is InChI=1S/C10H19NO3S/c12-15(13,9-10-5-4-8-14-10)11-6-2-1-3-7-11/h10H,1-9H2. The summed E-state index contributed by atoms with van der Waals surface area (Å²) in [6, 6.07) is 0. The zero-order valence-corrected chi connectivity index (χ0v) is 9.84. The van der Waals surface area contributed by atoms with Gasteiger partial charge in [-0.15, -0.1) is 0 Å². The first-order chi connectivity index (χ1) is 7.18. The summed E-state index contributed by atoms with van der Waals surface area (Å²) in [5.41, 5.74) is 0. The van der Waals surface area contributed by atoms with Crippen LogP contribution in [0.1, 0.15) is 32.1 Å². The maximum atomic E-state index is 12.0. The van der Waals surface area contributed by atoms with Crippen LogP contribution in [0.25, 0.3) is 0 Å². The molecule has 2 fully saturated rings. The van der Waals surface area contributed by atoms with Crippen molar-refractivity contribution in [3.63, 3.8) is 0 Å². The molecular formula is C10H19NO3S. The lowest BCUT2D eigenvalue weighted by Gasteiger charge is -2.26. The van der Waals surface area contributed by atoms with E-state index in [1.807, 2.05) is 0 Å². The van der Waals surface area contributed by atoms with Gasteiger partial charge >= 0.3 is 0 Å². The van der Waals surface area contributed by atoms with Gasteiger partial charge in [0.05, 0.1) is 11.9 Å². The summed E-state index contributed by atoms with van der Waals surface area (Å²) in [6.07, 6.45) is 5.01. The topological polar surface area (TPSA) is 46.6 Å². The number of hydrogen-bond acceptors (Lipinski definition) is 3. The molecule has 2 rings (SSSR count).